The van der Waals surface area contributed by atoms with E-state index in [0.29, 0.717) is 5.92 Å². The van der Waals surface area contributed by atoms with Gasteiger partial charge < -0.3 is 14.2 Å². The second kappa shape index (κ2) is 8.32. The first-order valence-corrected chi connectivity index (χ1v) is 10.6. The zero-order valence-electron chi connectivity index (χ0n) is 17.6. The summed E-state index contributed by atoms with van der Waals surface area (Å²) < 4.78 is 7.58. The van der Waals surface area contributed by atoms with Gasteiger partial charge in [-0.05, 0) is 74.1 Å². The summed E-state index contributed by atoms with van der Waals surface area (Å²) in [6, 6.07) is 8.16. The van der Waals surface area contributed by atoms with Gasteiger partial charge in [-0.1, -0.05) is 19.1 Å². The average molecular weight is 391 g/mol. The van der Waals surface area contributed by atoms with Crippen LogP contribution < -0.4 is 4.74 Å². The summed E-state index contributed by atoms with van der Waals surface area (Å²) in [5.41, 5.74) is 5.56. The van der Waals surface area contributed by atoms with Crippen LogP contribution in [-0.2, 0) is 4.79 Å². The maximum absolute atomic E-state index is 13.2. The molecule has 1 aliphatic heterocycles. The Morgan fingerprint density at radius 3 is 2.52 bits per heavy atom. The normalized spacial score (nSPS) is 22.1. The molecule has 2 aromatic rings. The zero-order chi connectivity index (χ0) is 20.4. The summed E-state index contributed by atoms with van der Waals surface area (Å²) in [6.07, 6.45) is 12.8. The Kier molecular flexibility index (Phi) is 5.61. The predicted molar refractivity (Wildman–Crippen MR) is 118 cm³/mol. The van der Waals surface area contributed by atoms with Crippen molar-refractivity contribution < 1.29 is 9.53 Å². The number of nitrogens with zero attached hydrogens (tertiary/aromatic N) is 2. The molecule has 1 aliphatic carbocycles. The number of carbonyl (C=O) groups excluding carboxylic acids is 1. The number of fused-ring (bicyclic) bond motifs is 1. The fourth-order valence-electron chi connectivity index (χ4n) is 4.44. The molecule has 0 bridgehead atoms. The van der Waals surface area contributed by atoms with E-state index in [2.05, 4.69) is 48.9 Å². The average Bonchev–Trinajstić information content (AvgIpc) is 3.07. The maximum atomic E-state index is 13.2. The molecule has 2 aliphatic rings. The van der Waals surface area contributed by atoms with Gasteiger partial charge in [0.1, 0.15) is 5.75 Å². The summed E-state index contributed by atoms with van der Waals surface area (Å²) in [7, 11) is 1.68. The van der Waals surface area contributed by atoms with E-state index in [1.165, 1.54) is 23.2 Å². The molecule has 152 valence electrons. The van der Waals surface area contributed by atoms with Crippen molar-refractivity contribution in [2.24, 2.45) is 0 Å². The molecule has 0 spiro atoms. The number of aryl methyl sites for hydroxylation is 1. The highest BCUT2D eigenvalue weighted by Gasteiger charge is 2.24. The molecule has 4 nitrogen and oxygen atoms in total. The standard InChI is InChI=1S/C25H30N2O2/c1-18-8-7-9-20(25(28)26-14-5-4-6-15-26)16-23-19(2)17-27(24(18)23)21-10-12-22(29-3)13-11-21/h7,9-13,16-18H,4-6,8,14-15H2,1-3H3/b9-7+,20-16+. The zero-order valence-corrected chi connectivity index (χ0v) is 17.6. The van der Waals surface area contributed by atoms with Crippen molar-refractivity contribution in [3.8, 4) is 11.4 Å². The maximum Gasteiger partial charge on any atom is 0.253 e. The van der Waals surface area contributed by atoms with Crippen LogP contribution in [0.2, 0.25) is 0 Å². The number of amides is 1. The van der Waals surface area contributed by atoms with Gasteiger partial charge in [-0.15, -0.1) is 0 Å². The van der Waals surface area contributed by atoms with Crippen molar-refractivity contribution >= 4 is 12.0 Å². The third-order valence-corrected chi connectivity index (χ3v) is 6.08. The molecular weight excluding hydrogens is 360 g/mol. The van der Waals surface area contributed by atoms with E-state index in [-0.39, 0.29) is 5.91 Å². The molecule has 1 aromatic heterocycles. The molecule has 2 heterocycles. The fourth-order valence-corrected chi connectivity index (χ4v) is 4.44. The first-order chi connectivity index (χ1) is 14.1. The number of hydrogen-bond donors (Lipinski definition) is 0. The lowest BCUT2D eigenvalue weighted by molar-refractivity contribution is -0.127. The Bertz CT molecular complexity index is 944. The molecule has 0 saturated carbocycles. The number of ether oxygens (including phenoxy) is 1. The number of benzene rings is 1. The fraction of sp³-hybridized carbons (Fsp3) is 0.400. The quantitative estimate of drug-likeness (QED) is 0.717. The van der Waals surface area contributed by atoms with Gasteiger partial charge in [-0.3, -0.25) is 4.79 Å². The lowest BCUT2D eigenvalue weighted by Gasteiger charge is -2.27. The first-order valence-electron chi connectivity index (χ1n) is 10.6. The summed E-state index contributed by atoms with van der Waals surface area (Å²) in [5, 5.41) is 0. The van der Waals surface area contributed by atoms with Crippen LogP contribution in [0.5, 0.6) is 5.75 Å². The van der Waals surface area contributed by atoms with E-state index in [4.69, 9.17) is 4.74 Å². The summed E-state index contributed by atoms with van der Waals surface area (Å²) in [5.74, 6) is 1.38. The van der Waals surface area contributed by atoms with Gasteiger partial charge in [0.05, 0.1) is 7.11 Å². The third kappa shape index (κ3) is 3.89. The molecule has 0 N–H and O–H groups in total. The van der Waals surface area contributed by atoms with Crippen LogP contribution in [0.1, 0.15) is 55.3 Å². The van der Waals surface area contributed by atoms with E-state index in [0.717, 1.165) is 49.4 Å². The van der Waals surface area contributed by atoms with E-state index >= 15 is 0 Å². The highest BCUT2D eigenvalue weighted by Crippen LogP contribution is 2.34. The molecule has 1 aromatic carbocycles. The van der Waals surface area contributed by atoms with Crippen LogP contribution >= 0.6 is 0 Å². The second-order valence-corrected chi connectivity index (χ2v) is 8.17. The third-order valence-electron chi connectivity index (χ3n) is 6.08. The number of likely N-dealkylation sites (tertiary alicyclic amines) is 1. The van der Waals surface area contributed by atoms with Crippen molar-refractivity contribution in [2.45, 2.75) is 45.4 Å². The molecule has 1 fully saturated rings. The van der Waals surface area contributed by atoms with Crippen molar-refractivity contribution in [2.75, 3.05) is 20.2 Å². The molecule has 4 rings (SSSR count). The SMILES string of the molecule is COc1ccc(-n2cc(C)c3c2C(C)C/C=C/C(C(=O)N2CCCCC2)=C\3)cc1. The number of piperidine rings is 1. The van der Waals surface area contributed by atoms with E-state index in [9.17, 15) is 4.79 Å². The van der Waals surface area contributed by atoms with Crippen LogP contribution in [0.25, 0.3) is 11.8 Å². The predicted octanol–water partition coefficient (Wildman–Crippen LogP) is 5.25. The van der Waals surface area contributed by atoms with Gasteiger partial charge in [0.25, 0.3) is 5.91 Å². The first kappa shape index (κ1) is 19.6. The summed E-state index contributed by atoms with van der Waals surface area (Å²) >= 11 is 0. The van der Waals surface area contributed by atoms with E-state index < -0.39 is 0 Å². The van der Waals surface area contributed by atoms with Crippen molar-refractivity contribution in [3.05, 3.63) is 65.0 Å². The molecular formula is C25H30N2O2. The van der Waals surface area contributed by atoms with Gasteiger partial charge in [-0.25, -0.2) is 0 Å². The molecule has 1 atom stereocenters. The van der Waals surface area contributed by atoms with Crippen LogP contribution in [0.4, 0.5) is 0 Å². The Morgan fingerprint density at radius 2 is 1.83 bits per heavy atom. The topological polar surface area (TPSA) is 34.5 Å². The number of methoxy groups -OCH3 is 1. The minimum atomic E-state index is 0.165. The molecule has 29 heavy (non-hydrogen) atoms. The van der Waals surface area contributed by atoms with Gasteiger partial charge in [0, 0.05) is 42.2 Å². The highest BCUT2D eigenvalue weighted by molar-refractivity contribution is 6.01. The second-order valence-electron chi connectivity index (χ2n) is 8.17. The number of aromatic nitrogens is 1. The highest BCUT2D eigenvalue weighted by atomic mass is 16.5. The van der Waals surface area contributed by atoms with Gasteiger partial charge >= 0.3 is 0 Å². The van der Waals surface area contributed by atoms with Crippen LogP contribution in [0.15, 0.2) is 48.2 Å². The summed E-state index contributed by atoms with van der Waals surface area (Å²) in [4.78, 5) is 15.2. The Balaban J connectivity index is 1.76. The minimum absolute atomic E-state index is 0.165. The minimum Gasteiger partial charge on any atom is -0.497 e. The van der Waals surface area contributed by atoms with Crippen molar-refractivity contribution in [3.63, 3.8) is 0 Å². The van der Waals surface area contributed by atoms with Crippen LogP contribution in [-0.4, -0.2) is 35.6 Å². The monoisotopic (exact) mass is 390 g/mol. The molecule has 1 unspecified atom stereocenters. The number of rotatable bonds is 3. The van der Waals surface area contributed by atoms with Gasteiger partial charge in [-0.2, -0.15) is 0 Å². The number of allylic oxidation sites excluding steroid dienone is 1. The van der Waals surface area contributed by atoms with E-state index in [1.54, 1.807) is 7.11 Å². The number of hydrogen-bond acceptors (Lipinski definition) is 2. The largest absolute Gasteiger partial charge is 0.497 e. The smallest absolute Gasteiger partial charge is 0.253 e. The van der Waals surface area contributed by atoms with Crippen LogP contribution in [0.3, 0.4) is 0 Å². The molecule has 0 radical (unpaired) electrons. The van der Waals surface area contributed by atoms with Crippen molar-refractivity contribution in [1.29, 1.82) is 0 Å². The lowest BCUT2D eigenvalue weighted by Crippen LogP contribution is -2.36. The van der Waals surface area contributed by atoms with Crippen LogP contribution in [0, 0.1) is 6.92 Å². The lowest BCUT2D eigenvalue weighted by atomic mass is 9.93. The Hall–Kier alpha value is -2.75. The Labute approximate surface area is 173 Å². The number of carbonyl (C=O) groups is 1. The van der Waals surface area contributed by atoms with Crippen molar-refractivity contribution in [1.82, 2.24) is 9.47 Å². The Morgan fingerprint density at radius 1 is 1.10 bits per heavy atom. The molecule has 1 saturated heterocycles. The van der Waals surface area contributed by atoms with E-state index in [1.807, 2.05) is 23.1 Å². The summed E-state index contributed by atoms with van der Waals surface area (Å²) in [6.45, 7) is 6.14. The molecule has 1 amide bonds. The van der Waals surface area contributed by atoms with Gasteiger partial charge in [0.2, 0.25) is 0 Å². The van der Waals surface area contributed by atoms with Gasteiger partial charge in [0.15, 0.2) is 0 Å². The molecule has 4 heteroatoms.